The first-order chi connectivity index (χ1) is 14.3. The minimum atomic E-state index is -3.97. The molecule has 164 valence electrons. The van der Waals surface area contributed by atoms with Crippen LogP contribution in [0.1, 0.15) is 46.4 Å². The molecule has 0 saturated carbocycles. The van der Waals surface area contributed by atoms with E-state index in [1.165, 1.54) is 4.31 Å². The lowest BCUT2D eigenvalue weighted by Gasteiger charge is -2.31. The molecule has 3 rings (SSSR count). The van der Waals surface area contributed by atoms with Crippen molar-refractivity contribution in [3.8, 4) is 0 Å². The number of rotatable bonds is 7. The van der Waals surface area contributed by atoms with Gasteiger partial charge in [0, 0.05) is 29.4 Å². The fourth-order valence-corrected chi connectivity index (χ4v) is 6.35. The second-order valence-corrected chi connectivity index (χ2v) is 10.2. The highest BCUT2D eigenvalue weighted by atomic mass is 32.2. The third-order valence-electron chi connectivity index (χ3n) is 5.17. The third-order valence-corrected chi connectivity index (χ3v) is 8.08. The predicted molar refractivity (Wildman–Crippen MR) is 114 cm³/mol. The first-order valence-electron chi connectivity index (χ1n) is 9.92. The van der Waals surface area contributed by atoms with Gasteiger partial charge in [-0.15, -0.1) is 11.3 Å². The quantitative estimate of drug-likeness (QED) is 0.627. The van der Waals surface area contributed by atoms with Gasteiger partial charge in [0.25, 0.3) is 0 Å². The highest BCUT2D eigenvalue weighted by Crippen LogP contribution is 2.30. The van der Waals surface area contributed by atoms with Gasteiger partial charge in [0.15, 0.2) is 0 Å². The normalized spacial score (nSPS) is 17.6. The Balaban J connectivity index is 1.79. The van der Waals surface area contributed by atoms with Gasteiger partial charge in [0.1, 0.15) is 10.5 Å². The van der Waals surface area contributed by atoms with E-state index in [1.54, 1.807) is 32.1 Å². The van der Waals surface area contributed by atoms with Crippen molar-refractivity contribution in [1.29, 1.82) is 0 Å². The number of ether oxygens (including phenoxy) is 1. The zero-order valence-corrected chi connectivity index (χ0v) is 19.0. The summed E-state index contributed by atoms with van der Waals surface area (Å²) in [5.41, 5.74) is 0.880. The predicted octanol–water partition coefficient (Wildman–Crippen LogP) is 2.59. The molecule has 8 nitrogen and oxygen atoms in total. The van der Waals surface area contributed by atoms with E-state index in [9.17, 15) is 18.0 Å². The molecule has 1 aliphatic heterocycles. The van der Waals surface area contributed by atoms with E-state index >= 15 is 0 Å². The number of hydrogen-bond donors (Lipinski definition) is 2. The van der Waals surface area contributed by atoms with Crippen molar-refractivity contribution in [2.45, 2.75) is 45.1 Å². The van der Waals surface area contributed by atoms with Crippen LogP contribution in [0.25, 0.3) is 0 Å². The molecule has 1 fully saturated rings. The number of aromatic amines is 1. The number of amides is 1. The van der Waals surface area contributed by atoms with Crippen molar-refractivity contribution in [3.63, 3.8) is 0 Å². The topological polar surface area (TPSA) is 109 Å². The molecule has 2 aromatic rings. The average molecular weight is 454 g/mol. The van der Waals surface area contributed by atoms with Crippen molar-refractivity contribution in [2.24, 2.45) is 5.92 Å². The van der Waals surface area contributed by atoms with E-state index in [-0.39, 0.29) is 29.5 Å². The number of nitrogens with zero attached hydrogens (tertiary/aromatic N) is 1. The number of sulfonamides is 1. The summed E-state index contributed by atoms with van der Waals surface area (Å²) >= 11 is 1.56. The maximum absolute atomic E-state index is 13.4. The van der Waals surface area contributed by atoms with Gasteiger partial charge in [0.2, 0.25) is 15.9 Å². The van der Waals surface area contributed by atoms with E-state index in [2.05, 4.69) is 10.3 Å². The molecule has 30 heavy (non-hydrogen) atoms. The molecule has 0 bridgehead atoms. The third kappa shape index (κ3) is 4.60. The molecular formula is C20H27N3O5S2. The smallest absolute Gasteiger partial charge is 0.341 e. The lowest BCUT2D eigenvalue weighted by molar-refractivity contribution is -0.126. The fraction of sp³-hybridized carbons (Fsp3) is 0.500. The van der Waals surface area contributed by atoms with Crippen molar-refractivity contribution in [3.05, 3.63) is 39.3 Å². The largest absolute Gasteiger partial charge is 0.462 e. The average Bonchev–Trinajstić information content (AvgIpc) is 3.33. The number of aryl methyl sites for hydroxylation is 2. The first-order valence-corrected chi connectivity index (χ1v) is 12.2. The Bertz CT molecular complexity index is 1010. The SMILES string of the molecule is CCOC(=O)c1c(C)[nH]c(C)c1S(=O)(=O)N1CCC[C@H](C(=O)NCc2cccs2)C1. The number of carbonyl (C=O) groups is 2. The van der Waals surface area contributed by atoms with Crippen LogP contribution in [0.5, 0.6) is 0 Å². The molecule has 1 amide bonds. The molecule has 0 spiro atoms. The number of nitrogens with one attached hydrogen (secondary N) is 2. The lowest BCUT2D eigenvalue weighted by atomic mass is 9.99. The standard InChI is InChI=1S/C20H27N3O5S2/c1-4-28-20(25)17-13(2)22-14(3)18(17)30(26,27)23-9-5-7-15(12-23)19(24)21-11-16-8-6-10-29-16/h6,8,10,15,22H,4-5,7,9,11-12H2,1-3H3,(H,21,24)/t15-/m0/s1. The fourth-order valence-electron chi connectivity index (χ4n) is 3.77. The van der Waals surface area contributed by atoms with Crippen molar-refractivity contribution in [1.82, 2.24) is 14.6 Å². The van der Waals surface area contributed by atoms with Crippen LogP contribution in [-0.2, 0) is 26.1 Å². The Labute approximate surface area is 180 Å². The number of aromatic nitrogens is 1. The molecule has 2 N–H and O–H groups in total. The minimum Gasteiger partial charge on any atom is -0.462 e. The number of esters is 1. The second-order valence-electron chi connectivity index (χ2n) is 7.30. The number of thiophene rings is 1. The molecule has 1 saturated heterocycles. The van der Waals surface area contributed by atoms with Crippen LogP contribution in [0.4, 0.5) is 0 Å². The number of H-pyrrole nitrogens is 1. The lowest BCUT2D eigenvalue weighted by Crippen LogP contribution is -2.45. The highest BCUT2D eigenvalue weighted by Gasteiger charge is 2.38. The van der Waals surface area contributed by atoms with E-state index < -0.39 is 21.9 Å². The second kappa shape index (κ2) is 9.32. The Kier molecular flexibility index (Phi) is 6.99. The Hall–Kier alpha value is -2.17. The maximum atomic E-state index is 13.4. The van der Waals surface area contributed by atoms with Crippen LogP contribution < -0.4 is 5.32 Å². The summed E-state index contributed by atoms with van der Waals surface area (Å²) in [6.07, 6.45) is 1.20. The van der Waals surface area contributed by atoms with Crippen molar-refractivity contribution >= 4 is 33.2 Å². The Morgan fingerprint density at radius 3 is 2.77 bits per heavy atom. The number of hydrogen-bond acceptors (Lipinski definition) is 6. The van der Waals surface area contributed by atoms with Gasteiger partial charge in [-0.1, -0.05) is 6.07 Å². The summed E-state index contributed by atoms with van der Waals surface area (Å²) in [6, 6.07) is 3.86. The summed E-state index contributed by atoms with van der Waals surface area (Å²) in [7, 11) is -3.97. The Morgan fingerprint density at radius 2 is 2.10 bits per heavy atom. The van der Waals surface area contributed by atoms with Crippen molar-refractivity contribution < 1.29 is 22.7 Å². The highest BCUT2D eigenvalue weighted by molar-refractivity contribution is 7.89. The zero-order chi connectivity index (χ0) is 21.9. The van der Waals surface area contributed by atoms with E-state index in [0.717, 1.165) is 4.88 Å². The molecule has 0 radical (unpaired) electrons. The van der Waals surface area contributed by atoms with Crippen molar-refractivity contribution in [2.75, 3.05) is 19.7 Å². The number of carbonyl (C=O) groups excluding carboxylic acids is 2. The van der Waals surface area contributed by atoms with Gasteiger partial charge in [0.05, 0.1) is 19.1 Å². The van der Waals surface area contributed by atoms with E-state index in [1.807, 2.05) is 17.5 Å². The van der Waals surface area contributed by atoms with E-state index in [4.69, 9.17) is 4.74 Å². The zero-order valence-electron chi connectivity index (χ0n) is 17.4. The molecule has 2 aromatic heterocycles. The molecule has 1 atom stereocenters. The van der Waals surface area contributed by atoms with Gasteiger partial charge in [-0.2, -0.15) is 4.31 Å². The molecule has 0 unspecified atom stereocenters. The summed E-state index contributed by atoms with van der Waals surface area (Å²) in [4.78, 5) is 29.0. The summed E-state index contributed by atoms with van der Waals surface area (Å²) in [6.45, 7) is 5.92. The maximum Gasteiger partial charge on any atom is 0.341 e. The molecule has 0 aliphatic carbocycles. The van der Waals surface area contributed by atoms with E-state index in [0.29, 0.717) is 37.3 Å². The van der Waals surface area contributed by atoms with Crippen LogP contribution in [0, 0.1) is 19.8 Å². The van der Waals surface area contributed by atoms with Crippen LogP contribution in [-0.4, -0.2) is 49.3 Å². The Morgan fingerprint density at radius 1 is 1.33 bits per heavy atom. The summed E-state index contributed by atoms with van der Waals surface area (Å²) < 4.78 is 33.2. The minimum absolute atomic E-state index is 0.0404. The first kappa shape index (κ1) is 22.5. The van der Waals surface area contributed by atoms with Gasteiger partial charge in [-0.3, -0.25) is 4.79 Å². The molecule has 10 heteroatoms. The summed E-state index contributed by atoms with van der Waals surface area (Å²) in [5, 5.41) is 4.84. The molecule has 0 aromatic carbocycles. The number of piperidine rings is 1. The van der Waals surface area contributed by atoms with Gasteiger partial charge < -0.3 is 15.0 Å². The molecule has 3 heterocycles. The van der Waals surface area contributed by atoms with Crippen LogP contribution in [0.3, 0.4) is 0 Å². The van der Waals surface area contributed by atoms with Crippen LogP contribution in [0.2, 0.25) is 0 Å². The van der Waals surface area contributed by atoms with Crippen LogP contribution >= 0.6 is 11.3 Å². The van der Waals surface area contributed by atoms with Gasteiger partial charge in [-0.25, -0.2) is 13.2 Å². The van der Waals surface area contributed by atoms with Crippen LogP contribution in [0.15, 0.2) is 22.4 Å². The molecular weight excluding hydrogens is 426 g/mol. The summed E-state index contributed by atoms with van der Waals surface area (Å²) in [5.74, 6) is -1.25. The van der Waals surface area contributed by atoms with Gasteiger partial charge in [-0.05, 0) is 45.1 Å². The van der Waals surface area contributed by atoms with Gasteiger partial charge >= 0.3 is 5.97 Å². The molecule has 1 aliphatic rings. The monoisotopic (exact) mass is 453 g/mol.